The Kier molecular flexibility index (Phi) is 5.84. The van der Waals surface area contributed by atoms with Crippen molar-refractivity contribution in [1.29, 1.82) is 0 Å². The first-order chi connectivity index (χ1) is 11.0. The highest BCUT2D eigenvalue weighted by Crippen LogP contribution is 2.15. The van der Waals surface area contributed by atoms with E-state index in [1.807, 2.05) is 19.9 Å². The van der Waals surface area contributed by atoms with Gasteiger partial charge in [0.1, 0.15) is 5.82 Å². The van der Waals surface area contributed by atoms with E-state index in [2.05, 4.69) is 22.6 Å². The molecule has 1 atom stereocenters. The van der Waals surface area contributed by atoms with Gasteiger partial charge in [0.2, 0.25) is 5.91 Å². The van der Waals surface area contributed by atoms with Gasteiger partial charge < -0.3 is 5.32 Å². The fraction of sp³-hybridized carbons (Fsp3) is 0.471. The summed E-state index contributed by atoms with van der Waals surface area (Å²) in [6.07, 6.45) is 2.96. The van der Waals surface area contributed by atoms with E-state index in [0.717, 1.165) is 30.5 Å². The van der Waals surface area contributed by atoms with Gasteiger partial charge in [-0.1, -0.05) is 44.0 Å². The normalized spacial score (nSPS) is 12.2. The van der Waals surface area contributed by atoms with Gasteiger partial charge in [0, 0.05) is 5.92 Å². The van der Waals surface area contributed by atoms with Gasteiger partial charge in [-0.3, -0.25) is 4.79 Å². The summed E-state index contributed by atoms with van der Waals surface area (Å²) >= 11 is 0. The Bertz CT molecular complexity index is 668. The lowest BCUT2D eigenvalue weighted by atomic mass is 10.0. The first kappa shape index (κ1) is 17.1. The topological polar surface area (TPSA) is 59.8 Å². The van der Waals surface area contributed by atoms with Crippen LogP contribution < -0.4 is 5.32 Å². The average Bonchev–Trinajstić information content (AvgIpc) is 2.85. The molecule has 124 valence electrons. The number of anilines is 1. The van der Waals surface area contributed by atoms with Crippen molar-refractivity contribution < 1.29 is 9.18 Å². The average molecular weight is 318 g/mol. The molecule has 1 N–H and O–H groups in total. The number of carbonyl (C=O) groups is 1. The van der Waals surface area contributed by atoms with Crippen molar-refractivity contribution in [2.75, 3.05) is 5.32 Å². The molecule has 1 heterocycles. The van der Waals surface area contributed by atoms with Gasteiger partial charge >= 0.3 is 0 Å². The van der Waals surface area contributed by atoms with Crippen molar-refractivity contribution in [3.8, 4) is 0 Å². The molecule has 2 aromatic rings. The number of amides is 1. The molecule has 0 aliphatic carbocycles. The van der Waals surface area contributed by atoms with Crippen molar-refractivity contribution in [1.82, 2.24) is 15.0 Å². The standard InChI is InChI=1S/C17H23FN4O/c1-4-5-7-12(2)17(23)19-16-13(3)22(21-20-16)11-14-8-6-9-15(18)10-14/h6,8-10,12H,4-5,7,11H2,1-3H3,(H,19,23)/t12-/m0/s1. The van der Waals surface area contributed by atoms with Crippen LogP contribution in [0.25, 0.3) is 0 Å². The Labute approximate surface area is 135 Å². The van der Waals surface area contributed by atoms with Crippen LogP contribution in [0.2, 0.25) is 0 Å². The van der Waals surface area contributed by atoms with Crippen LogP contribution in [-0.4, -0.2) is 20.9 Å². The molecular weight excluding hydrogens is 295 g/mol. The number of hydrogen-bond donors (Lipinski definition) is 1. The summed E-state index contributed by atoms with van der Waals surface area (Å²) in [5.41, 5.74) is 1.55. The number of nitrogens with zero attached hydrogens (tertiary/aromatic N) is 3. The van der Waals surface area contributed by atoms with E-state index in [9.17, 15) is 9.18 Å². The molecule has 0 unspecified atom stereocenters. The molecule has 0 radical (unpaired) electrons. The summed E-state index contributed by atoms with van der Waals surface area (Å²) in [5, 5.41) is 10.9. The van der Waals surface area contributed by atoms with Gasteiger partial charge in [0.05, 0.1) is 12.2 Å². The fourth-order valence-electron chi connectivity index (χ4n) is 2.32. The second-order valence-electron chi connectivity index (χ2n) is 5.84. The number of rotatable bonds is 7. The van der Waals surface area contributed by atoms with Crippen molar-refractivity contribution in [2.45, 2.75) is 46.6 Å². The summed E-state index contributed by atoms with van der Waals surface area (Å²) in [4.78, 5) is 12.1. The van der Waals surface area contributed by atoms with Crippen molar-refractivity contribution >= 4 is 11.7 Å². The lowest BCUT2D eigenvalue weighted by Gasteiger charge is -2.10. The third-order valence-corrected chi connectivity index (χ3v) is 3.88. The Morgan fingerprint density at radius 1 is 1.43 bits per heavy atom. The van der Waals surface area contributed by atoms with E-state index in [0.29, 0.717) is 12.4 Å². The van der Waals surface area contributed by atoms with Gasteiger partial charge in [-0.15, -0.1) is 5.10 Å². The Hall–Kier alpha value is -2.24. The molecule has 1 aromatic carbocycles. The van der Waals surface area contributed by atoms with Crippen LogP contribution in [0.5, 0.6) is 0 Å². The molecule has 0 fully saturated rings. The zero-order valence-electron chi connectivity index (χ0n) is 13.8. The molecule has 2 rings (SSSR count). The van der Waals surface area contributed by atoms with Crippen LogP contribution in [0.3, 0.4) is 0 Å². The van der Waals surface area contributed by atoms with Gasteiger partial charge in [-0.2, -0.15) is 0 Å². The number of aromatic nitrogens is 3. The molecule has 6 heteroatoms. The van der Waals surface area contributed by atoms with E-state index >= 15 is 0 Å². The van der Waals surface area contributed by atoms with Crippen molar-refractivity contribution in [3.05, 3.63) is 41.3 Å². The van der Waals surface area contributed by atoms with E-state index in [1.165, 1.54) is 12.1 Å². The van der Waals surface area contributed by atoms with Crippen LogP contribution in [0.1, 0.15) is 44.4 Å². The second-order valence-corrected chi connectivity index (χ2v) is 5.84. The lowest BCUT2D eigenvalue weighted by molar-refractivity contribution is -0.119. The van der Waals surface area contributed by atoms with Gasteiger partial charge in [-0.25, -0.2) is 9.07 Å². The smallest absolute Gasteiger partial charge is 0.228 e. The number of hydrogen-bond acceptors (Lipinski definition) is 3. The van der Waals surface area contributed by atoms with E-state index in [4.69, 9.17) is 0 Å². The maximum Gasteiger partial charge on any atom is 0.228 e. The molecule has 0 saturated heterocycles. The summed E-state index contributed by atoms with van der Waals surface area (Å²) in [5.74, 6) is 0.0929. The van der Waals surface area contributed by atoms with Crippen LogP contribution in [0, 0.1) is 18.7 Å². The fourth-order valence-corrected chi connectivity index (χ4v) is 2.32. The van der Waals surface area contributed by atoms with Gasteiger partial charge in [0.15, 0.2) is 5.82 Å². The monoisotopic (exact) mass is 318 g/mol. The molecule has 0 spiro atoms. The van der Waals surface area contributed by atoms with Crippen LogP contribution in [-0.2, 0) is 11.3 Å². The Morgan fingerprint density at radius 3 is 2.91 bits per heavy atom. The number of unbranched alkanes of at least 4 members (excludes halogenated alkanes) is 1. The Morgan fingerprint density at radius 2 is 2.22 bits per heavy atom. The first-order valence-electron chi connectivity index (χ1n) is 7.96. The molecule has 0 aliphatic rings. The maximum absolute atomic E-state index is 13.2. The van der Waals surface area contributed by atoms with Crippen LogP contribution in [0.4, 0.5) is 10.2 Å². The van der Waals surface area contributed by atoms with E-state index < -0.39 is 0 Å². The summed E-state index contributed by atoms with van der Waals surface area (Å²) < 4.78 is 14.9. The molecule has 0 bridgehead atoms. The zero-order valence-corrected chi connectivity index (χ0v) is 13.8. The Balaban J connectivity index is 2.03. The minimum Gasteiger partial charge on any atom is -0.307 e. The number of benzene rings is 1. The number of carbonyl (C=O) groups excluding carboxylic acids is 1. The predicted molar refractivity (Wildman–Crippen MR) is 87.6 cm³/mol. The second kappa shape index (κ2) is 7.85. The summed E-state index contributed by atoms with van der Waals surface area (Å²) in [6, 6.07) is 6.36. The SMILES string of the molecule is CCCC[C@H](C)C(=O)Nc1nnn(Cc2cccc(F)c2)c1C. The third kappa shape index (κ3) is 4.61. The van der Waals surface area contributed by atoms with E-state index in [1.54, 1.807) is 10.7 Å². The lowest BCUT2D eigenvalue weighted by Crippen LogP contribution is -2.21. The predicted octanol–water partition coefficient (Wildman–Crippen LogP) is 3.54. The number of halogens is 1. The largest absolute Gasteiger partial charge is 0.307 e. The van der Waals surface area contributed by atoms with Crippen LogP contribution in [0.15, 0.2) is 24.3 Å². The van der Waals surface area contributed by atoms with Gasteiger partial charge in [-0.05, 0) is 31.0 Å². The first-order valence-corrected chi connectivity index (χ1v) is 7.96. The zero-order chi connectivity index (χ0) is 16.8. The highest BCUT2D eigenvalue weighted by atomic mass is 19.1. The molecule has 0 saturated carbocycles. The molecular formula is C17H23FN4O. The highest BCUT2D eigenvalue weighted by Gasteiger charge is 2.16. The molecule has 1 aromatic heterocycles. The molecule has 5 nitrogen and oxygen atoms in total. The molecule has 23 heavy (non-hydrogen) atoms. The molecule has 0 aliphatic heterocycles. The highest BCUT2D eigenvalue weighted by molar-refractivity contribution is 5.91. The minimum absolute atomic E-state index is 0.0423. The minimum atomic E-state index is -0.279. The quantitative estimate of drug-likeness (QED) is 0.849. The van der Waals surface area contributed by atoms with Crippen molar-refractivity contribution in [2.24, 2.45) is 5.92 Å². The summed E-state index contributed by atoms with van der Waals surface area (Å²) in [7, 11) is 0. The number of nitrogens with one attached hydrogen (secondary N) is 1. The van der Waals surface area contributed by atoms with Crippen molar-refractivity contribution in [3.63, 3.8) is 0 Å². The van der Waals surface area contributed by atoms with E-state index in [-0.39, 0.29) is 17.6 Å². The summed E-state index contributed by atoms with van der Waals surface area (Å²) in [6.45, 7) is 6.27. The maximum atomic E-state index is 13.2. The third-order valence-electron chi connectivity index (χ3n) is 3.88. The van der Waals surface area contributed by atoms with Gasteiger partial charge in [0.25, 0.3) is 0 Å². The molecule has 1 amide bonds. The van der Waals surface area contributed by atoms with Crippen LogP contribution >= 0.6 is 0 Å².